The lowest BCUT2D eigenvalue weighted by atomic mass is 9.93. The minimum Gasteiger partial charge on any atom is -0.488 e. The van der Waals surface area contributed by atoms with Gasteiger partial charge in [-0.1, -0.05) is 13.8 Å². The van der Waals surface area contributed by atoms with E-state index in [1.807, 2.05) is 13.8 Å². The number of rotatable bonds is 5. The Bertz CT molecular complexity index is 758. The van der Waals surface area contributed by atoms with Crippen LogP contribution in [0.3, 0.4) is 0 Å². The second-order valence-corrected chi connectivity index (χ2v) is 7.17. The van der Waals surface area contributed by atoms with Crippen molar-refractivity contribution in [3.05, 3.63) is 24.5 Å². The van der Waals surface area contributed by atoms with Gasteiger partial charge in [0.1, 0.15) is 11.3 Å². The van der Waals surface area contributed by atoms with Gasteiger partial charge in [-0.15, -0.1) is 0 Å². The van der Waals surface area contributed by atoms with Crippen LogP contribution in [-0.2, 0) is 4.74 Å². The van der Waals surface area contributed by atoms with E-state index in [0.29, 0.717) is 24.0 Å². The fraction of sp³-hybridized carbons (Fsp3) is 0.526. The number of hydrogen-bond donors (Lipinski definition) is 2. The Kier molecular flexibility index (Phi) is 5.75. The van der Waals surface area contributed by atoms with E-state index >= 15 is 0 Å². The number of aromatic nitrogens is 2. The highest BCUT2D eigenvalue weighted by Crippen LogP contribution is 2.30. The van der Waals surface area contributed by atoms with E-state index < -0.39 is 0 Å². The molecule has 1 aromatic heterocycles. The van der Waals surface area contributed by atoms with Crippen molar-refractivity contribution in [1.29, 1.82) is 0 Å². The van der Waals surface area contributed by atoms with E-state index in [1.165, 1.54) is 0 Å². The lowest BCUT2D eigenvalue weighted by molar-refractivity contribution is 0.113. The molecule has 7 nitrogen and oxygen atoms in total. The normalized spacial score (nSPS) is 20.1. The maximum Gasteiger partial charge on any atom is 0.407 e. The van der Waals surface area contributed by atoms with Crippen molar-refractivity contribution in [3.8, 4) is 5.75 Å². The molecular weight excluding hydrogens is 332 g/mol. The number of nitrogens with two attached hydrogens (primary N) is 1. The maximum atomic E-state index is 11.8. The molecule has 1 amide bonds. The number of carbonyl (C=O) groups is 1. The molecular formula is C19H26N4O3. The lowest BCUT2D eigenvalue weighted by Gasteiger charge is -2.29. The van der Waals surface area contributed by atoms with Crippen molar-refractivity contribution in [1.82, 2.24) is 15.3 Å². The summed E-state index contributed by atoms with van der Waals surface area (Å²) >= 11 is 0. The molecule has 0 radical (unpaired) electrons. The molecule has 3 rings (SSSR count). The zero-order valence-electron chi connectivity index (χ0n) is 15.3. The van der Waals surface area contributed by atoms with Gasteiger partial charge in [0, 0.05) is 30.2 Å². The summed E-state index contributed by atoms with van der Waals surface area (Å²) < 4.78 is 11.3. The minimum absolute atomic E-state index is 0.0757. The van der Waals surface area contributed by atoms with Crippen molar-refractivity contribution in [3.63, 3.8) is 0 Å². The summed E-state index contributed by atoms with van der Waals surface area (Å²) in [4.78, 5) is 20.4. The van der Waals surface area contributed by atoms with Crippen LogP contribution in [0.15, 0.2) is 24.5 Å². The summed E-state index contributed by atoms with van der Waals surface area (Å²) in [5.41, 5.74) is 8.00. The van der Waals surface area contributed by atoms with E-state index in [2.05, 4.69) is 15.3 Å². The molecule has 1 saturated carbocycles. The second kappa shape index (κ2) is 8.21. The first kappa shape index (κ1) is 18.2. The third kappa shape index (κ3) is 4.74. The van der Waals surface area contributed by atoms with Gasteiger partial charge in [0.2, 0.25) is 0 Å². The van der Waals surface area contributed by atoms with Crippen LogP contribution < -0.4 is 15.8 Å². The number of nitrogens with one attached hydrogen (secondary N) is 1. The van der Waals surface area contributed by atoms with E-state index in [9.17, 15) is 4.79 Å². The van der Waals surface area contributed by atoms with Gasteiger partial charge in [-0.25, -0.2) is 9.78 Å². The van der Waals surface area contributed by atoms with Crippen LogP contribution in [0.25, 0.3) is 11.0 Å². The van der Waals surface area contributed by atoms with Crippen LogP contribution in [0, 0.1) is 5.92 Å². The molecule has 1 aliphatic carbocycles. The SMILES string of the molecule is CC(C)COC(=O)NC1CCC(Oc2cc(N)cc3nccnc23)CC1. The fourth-order valence-corrected chi connectivity index (χ4v) is 3.11. The molecule has 0 atom stereocenters. The molecule has 0 bridgehead atoms. The second-order valence-electron chi connectivity index (χ2n) is 7.17. The number of benzene rings is 1. The summed E-state index contributed by atoms with van der Waals surface area (Å²) in [5, 5.41) is 2.94. The number of nitrogen functional groups attached to an aromatic ring is 1. The van der Waals surface area contributed by atoms with Crippen molar-refractivity contribution in [2.24, 2.45) is 5.92 Å². The first-order valence-electron chi connectivity index (χ1n) is 9.11. The molecule has 140 valence electrons. The van der Waals surface area contributed by atoms with Gasteiger partial charge >= 0.3 is 6.09 Å². The van der Waals surface area contributed by atoms with Gasteiger partial charge in [-0.2, -0.15) is 0 Å². The van der Waals surface area contributed by atoms with E-state index in [-0.39, 0.29) is 18.2 Å². The first-order valence-corrected chi connectivity index (χ1v) is 9.11. The minimum atomic E-state index is -0.333. The molecule has 1 aromatic carbocycles. The quantitative estimate of drug-likeness (QED) is 0.796. The van der Waals surface area contributed by atoms with Crippen molar-refractivity contribution in [2.45, 2.75) is 51.7 Å². The van der Waals surface area contributed by atoms with Crippen LogP contribution in [0.2, 0.25) is 0 Å². The van der Waals surface area contributed by atoms with Gasteiger partial charge in [-0.3, -0.25) is 4.98 Å². The Labute approximate surface area is 153 Å². The Morgan fingerprint density at radius 2 is 1.96 bits per heavy atom. The van der Waals surface area contributed by atoms with Gasteiger partial charge < -0.3 is 20.5 Å². The number of nitrogens with zero attached hydrogens (tertiary/aromatic N) is 2. The molecule has 1 heterocycles. The summed E-state index contributed by atoms with van der Waals surface area (Å²) in [7, 11) is 0. The topological polar surface area (TPSA) is 99.4 Å². The number of fused-ring (bicyclic) bond motifs is 1. The Morgan fingerprint density at radius 1 is 1.23 bits per heavy atom. The summed E-state index contributed by atoms with van der Waals surface area (Å²) in [5.74, 6) is 1.00. The number of amides is 1. The van der Waals surface area contributed by atoms with Gasteiger partial charge in [-0.05, 0) is 37.7 Å². The number of ether oxygens (including phenoxy) is 2. The maximum absolute atomic E-state index is 11.8. The largest absolute Gasteiger partial charge is 0.488 e. The number of hydrogen-bond acceptors (Lipinski definition) is 6. The first-order chi connectivity index (χ1) is 12.5. The number of carbonyl (C=O) groups excluding carboxylic acids is 1. The van der Waals surface area contributed by atoms with E-state index in [4.69, 9.17) is 15.2 Å². The third-order valence-electron chi connectivity index (χ3n) is 4.40. The summed E-state index contributed by atoms with van der Waals surface area (Å²) in [6.45, 7) is 4.47. The van der Waals surface area contributed by atoms with Crippen LogP contribution in [0.4, 0.5) is 10.5 Å². The van der Waals surface area contributed by atoms with Crippen molar-refractivity contribution >= 4 is 22.8 Å². The molecule has 1 aliphatic rings. The monoisotopic (exact) mass is 358 g/mol. The molecule has 1 fully saturated rings. The Balaban J connectivity index is 1.54. The Morgan fingerprint density at radius 3 is 2.69 bits per heavy atom. The molecule has 0 aliphatic heterocycles. The van der Waals surface area contributed by atoms with Crippen LogP contribution in [0.1, 0.15) is 39.5 Å². The Hall–Kier alpha value is -2.57. The third-order valence-corrected chi connectivity index (χ3v) is 4.40. The molecule has 7 heteroatoms. The fourth-order valence-electron chi connectivity index (χ4n) is 3.11. The highest BCUT2D eigenvalue weighted by atomic mass is 16.5. The zero-order valence-corrected chi connectivity index (χ0v) is 15.3. The van der Waals surface area contributed by atoms with Crippen molar-refractivity contribution in [2.75, 3.05) is 12.3 Å². The molecule has 0 unspecified atom stereocenters. The van der Waals surface area contributed by atoms with E-state index in [0.717, 1.165) is 36.7 Å². The number of anilines is 1. The summed E-state index contributed by atoms with van der Waals surface area (Å²) in [6.07, 6.45) is 6.44. The van der Waals surface area contributed by atoms with Gasteiger partial charge in [0.25, 0.3) is 0 Å². The van der Waals surface area contributed by atoms with Gasteiger partial charge in [0.15, 0.2) is 0 Å². The predicted octanol–water partition coefficient (Wildman–Crippen LogP) is 3.28. The predicted molar refractivity (Wildman–Crippen MR) is 99.9 cm³/mol. The van der Waals surface area contributed by atoms with Crippen LogP contribution >= 0.6 is 0 Å². The molecule has 2 aromatic rings. The van der Waals surface area contributed by atoms with Crippen LogP contribution in [-0.4, -0.2) is 34.8 Å². The average molecular weight is 358 g/mol. The van der Waals surface area contributed by atoms with Crippen LogP contribution in [0.5, 0.6) is 5.75 Å². The molecule has 0 spiro atoms. The average Bonchev–Trinajstić information content (AvgIpc) is 2.61. The smallest absolute Gasteiger partial charge is 0.407 e. The molecule has 26 heavy (non-hydrogen) atoms. The molecule has 0 saturated heterocycles. The van der Waals surface area contributed by atoms with Crippen molar-refractivity contribution < 1.29 is 14.3 Å². The van der Waals surface area contributed by atoms with Gasteiger partial charge in [0.05, 0.1) is 18.2 Å². The lowest BCUT2D eigenvalue weighted by Crippen LogP contribution is -2.40. The van der Waals surface area contributed by atoms with E-state index in [1.54, 1.807) is 24.5 Å². The summed E-state index contributed by atoms with van der Waals surface area (Å²) in [6, 6.07) is 3.72. The standard InChI is InChI=1S/C19H26N4O3/c1-12(2)11-25-19(24)23-14-3-5-15(6-4-14)26-17-10-13(20)9-16-18(17)22-8-7-21-16/h7-10,12,14-15H,3-6,11,20H2,1-2H3,(H,23,24). The highest BCUT2D eigenvalue weighted by molar-refractivity contribution is 5.84. The highest BCUT2D eigenvalue weighted by Gasteiger charge is 2.25. The zero-order chi connectivity index (χ0) is 18.5. The number of alkyl carbamates (subject to hydrolysis) is 1. The molecule has 3 N–H and O–H groups in total.